The third-order valence-corrected chi connectivity index (χ3v) is 1.94. The Kier molecular flexibility index (Phi) is 3.61. The molecule has 4 heteroatoms. The summed E-state index contributed by atoms with van der Waals surface area (Å²) in [5, 5.41) is 0. The first-order chi connectivity index (χ1) is 6.89. The first-order valence-electron chi connectivity index (χ1n) is 4.99. The maximum absolute atomic E-state index is 12.5. The summed E-state index contributed by atoms with van der Waals surface area (Å²) in [6.07, 6.45) is 2.42. The van der Waals surface area contributed by atoms with Crippen LogP contribution in [0.5, 0.6) is 6.01 Å². The highest BCUT2D eigenvalue weighted by atomic mass is 19.1. The first kappa shape index (κ1) is 11.9. The molecule has 0 aliphatic heterocycles. The van der Waals surface area contributed by atoms with Crippen molar-refractivity contribution in [2.24, 2.45) is 0 Å². The Morgan fingerprint density at radius 3 is 2.27 bits per heavy atom. The molecule has 0 aromatic carbocycles. The second-order valence-corrected chi connectivity index (χ2v) is 4.60. The van der Waals surface area contributed by atoms with Crippen molar-refractivity contribution in [1.29, 1.82) is 0 Å². The predicted octanol–water partition coefficient (Wildman–Crippen LogP) is 2.51. The van der Waals surface area contributed by atoms with Crippen LogP contribution in [0.2, 0.25) is 0 Å². The number of hydrogen-bond donors (Lipinski definition) is 0. The average molecular weight is 212 g/mol. The van der Waals surface area contributed by atoms with Gasteiger partial charge in [0.15, 0.2) is 0 Å². The minimum atomic E-state index is -1.00. The quantitative estimate of drug-likeness (QED) is 0.772. The van der Waals surface area contributed by atoms with Gasteiger partial charge in [-0.1, -0.05) is 20.8 Å². The van der Waals surface area contributed by atoms with Gasteiger partial charge in [0.1, 0.15) is 12.8 Å². The molecule has 0 amide bonds. The minimum Gasteiger partial charge on any atom is -0.460 e. The van der Waals surface area contributed by atoms with Gasteiger partial charge in [0.25, 0.3) is 0 Å². The smallest absolute Gasteiger partial charge is 0.316 e. The number of hydrogen-bond acceptors (Lipinski definition) is 3. The van der Waals surface area contributed by atoms with E-state index in [0.717, 1.165) is 5.56 Å². The summed E-state index contributed by atoms with van der Waals surface area (Å²) in [5.74, 6) is 0. The van der Waals surface area contributed by atoms with E-state index in [-0.39, 0.29) is 18.0 Å². The Hall–Kier alpha value is -1.19. The zero-order valence-corrected chi connectivity index (χ0v) is 9.62. The summed E-state index contributed by atoms with van der Waals surface area (Å²) < 4.78 is 17.5. The van der Waals surface area contributed by atoms with E-state index in [2.05, 4.69) is 30.7 Å². The van der Waals surface area contributed by atoms with E-state index in [4.69, 9.17) is 4.74 Å². The lowest BCUT2D eigenvalue weighted by molar-refractivity contribution is 0.197. The second kappa shape index (κ2) is 4.55. The third-order valence-electron chi connectivity index (χ3n) is 1.94. The highest BCUT2D eigenvalue weighted by Gasteiger charge is 2.14. The molecule has 1 heterocycles. The molecule has 0 aliphatic rings. The molecule has 1 atom stereocenters. The Balaban J connectivity index is 2.65. The van der Waals surface area contributed by atoms with Crippen LogP contribution < -0.4 is 4.74 Å². The molecular formula is C11H17FN2O. The second-order valence-electron chi connectivity index (χ2n) is 4.60. The lowest BCUT2D eigenvalue weighted by Gasteiger charge is -2.17. The zero-order valence-electron chi connectivity index (χ0n) is 9.62. The largest absolute Gasteiger partial charge is 0.460 e. The van der Waals surface area contributed by atoms with Crippen molar-refractivity contribution in [1.82, 2.24) is 9.97 Å². The maximum atomic E-state index is 12.5. The van der Waals surface area contributed by atoms with Crippen molar-refractivity contribution >= 4 is 0 Å². The van der Waals surface area contributed by atoms with Crippen molar-refractivity contribution in [3.63, 3.8) is 0 Å². The molecule has 1 rings (SSSR count). The number of aromatic nitrogens is 2. The Labute approximate surface area is 89.7 Å². The fourth-order valence-corrected chi connectivity index (χ4v) is 0.967. The molecule has 0 bridgehead atoms. The minimum absolute atomic E-state index is 0.00509. The molecule has 0 aliphatic carbocycles. The highest BCUT2D eigenvalue weighted by molar-refractivity contribution is 5.16. The van der Waals surface area contributed by atoms with Crippen LogP contribution in [0.4, 0.5) is 4.39 Å². The van der Waals surface area contributed by atoms with Crippen LogP contribution in [-0.4, -0.2) is 22.7 Å². The van der Waals surface area contributed by atoms with Crippen molar-refractivity contribution < 1.29 is 9.13 Å². The summed E-state index contributed by atoms with van der Waals surface area (Å²) in [6, 6.07) is 0.229. The predicted molar refractivity (Wildman–Crippen MR) is 56.8 cm³/mol. The number of alkyl halides is 1. The average Bonchev–Trinajstić information content (AvgIpc) is 2.14. The summed E-state index contributed by atoms with van der Waals surface area (Å²) in [5.41, 5.74) is 1.05. The van der Waals surface area contributed by atoms with E-state index in [1.165, 1.54) is 6.92 Å². The number of ether oxygens (including phenoxy) is 1. The van der Waals surface area contributed by atoms with Crippen LogP contribution >= 0.6 is 0 Å². The molecular weight excluding hydrogens is 195 g/mol. The zero-order chi connectivity index (χ0) is 11.5. The molecule has 1 unspecified atom stereocenters. The van der Waals surface area contributed by atoms with Gasteiger partial charge in [0.05, 0.1) is 0 Å². The van der Waals surface area contributed by atoms with E-state index in [1.54, 1.807) is 12.4 Å². The Morgan fingerprint density at radius 2 is 1.87 bits per heavy atom. The van der Waals surface area contributed by atoms with Crippen molar-refractivity contribution in [2.45, 2.75) is 39.3 Å². The van der Waals surface area contributed by atoms with Crippen LogP contribution in [0.3, 0.4) is 0 Å². The summed E-state index contributed by atoms with van der Waals surface area (Å²) >= 11 is 0. The molecule has 15 heavy (non-hydrogen) atoms. The molecule has 0 spiro atoms. The van der Waals surface area contributed by atoms with Crippen molar-refractivity contribution in [3.05, 3.63) is 18.0 Å². The molecule has 3 nitrogen and oxygen atoms in total. The first-order valence-corrected chi connectivity index (χ1v) is 4.99. The normalized spacial score (nSPS) is 13.7. The monoisotopic (exact) mass is 212 g/mol. The van der Waals surface area contributed by atoms with E-state index in [0.29, 0.717) is 0 Å². The van der Waals surface area contributed by atoms with E-state index >= 15 is 0 Å². The SMILES string of the molecule is CC(F)COc1ncc(C(C)(C)C)cn1. The molecule has 0 saturated carbocycles. The van der Waals surface area contributed by atoms with E-state index in [9.17, 15) is 4.39 Å². The molecule has 0 N–H and O–H groups in total. The van der Waals surface area contributed by atoms with E-state index < -0.39 is 6.17 Å². The van der Waals surface area contributed by atoms with Gasteiger partial charge in [-0.3, -0.25) is 0 Å². The van der Waals surface area contributed by atoms with Crippen LogP contribution in [0.15, 0.2) is 12.4 Å². The van der Waals surface area contributed by atoms with Crippen LogP contribution in [-0.2, 0) is 5.41 Å². The van der Waals surface area contributed by atoms with Crippen LogP contribution in [0.25, 0.3) is 0 Å². The van der Waals surface area contributed by atoms with Crippen LogP contribution in [0, 0.1) is 0 Å². The van der Waals surface area contributed by atoms with Gasteiger partial charge in [-0.2, -0.15) is 0 Å². The molecule has 1 aromatic heterocycles. The lowest BCUT2D eigenvalue weighted by atomic mass is 9.89. The highest BCUT2D eigenvalue weighted by Crippen LogP contribution is 2.20. The van der Waals surface area contributed by atoms with Crippen molar-refractivity contribution in [2.75, 3.05) is 6.61 Å². The van der Waals surface area contributed by atoms with Crippen molar-refractivity contribution in [3.8, 4) is 6.01 Å². The van der Waals surface area contributed by atoms with Gasteiger partial charge >= 0.3 is 6.01 Å². The fraction of sp³-hybridized carbons (Fsp3) is 0.636. The van der Waals surface area contributed by atoms with Gasteiger partial charge in [-0.05, 0) is 17.9 Å². The number of rotatable bonds is 3. The standard InChI is InChI=1S/C11H17FN2O/c1-8(12)7-15-10-13-5-9(6-14-10)11(2,3)4/h5-6,8H,7H2,1-4H3. The Bertz CT molecular complexity index is 303. The maximum Gasteiger partial charge on any atom is 0.316 e. The van der Waals surface area contributed by atoms with E-state index in [1.807, 2.05) is 0 Å². The Morgan fingerprint density at radius 1 is 1.33 bits per heavy atom. The molecule has 0 fully saturated rings. The van der Waals surface area contributed by atoms with Gasteiger partial charge in [0.2, 0.25) is 0 Å². The van der Waals surface area contributed by atoms with Gasteiger partial charge in [0, 0.05) is 12.4 Å². The van der Waals surface area contributed by atoms with Gasteiger partial charge in [-0.15, -0.1) is 0 Å². The number of halogens is 1. The van der Waals surface area contributed by atoms with Crippen LogP contribution in [0.1, 0.15) is 33.3 Å². The fourth-order valence-electron chi connectivity index (χ4n) is 0.967. The molecule has 84 valence electrons. The molecule has 1 aromatic rings. The molecule has 0 saturated heterocycles. The summed E-state index contributed by atoms with van der Waals surface area (Å²) in [7, 11) is 0. The molecule has 0 radical (unpaired) electrons. The number of nitrogens with zero attached hydrogens (tertiary/aromatic N) is 2. The third kappa shape index (κ3) is 3.81. The van der Waals surface area contributed by atoms with Gasteiger partial charge in [-0.25, -0.2) is 14.4 Å². The van der Waals surface area contributed by atoms with Gasteiger partial charge < -0.3 is 4.74 Å². The lowest BCUT2D eigenvalue weighted by Crippen LogP contribution is -2.14. The summed E-state index contributed by atoms with van der Waals surface area (Å²) in [4.78, 5) is 8.03. The topological polar surface area (TPSA) is 35.0 Å². The summed E-state index contributed by atoms with van der Waals surface area (Å²) in [6.45, 7) is 7.67.